The number of epoxide rings is 1. The van der Waals surface area contributed by atoms with Crippen molar-refractivity contribution in [1.29, 1.82) is 0 Å². The number of thioether (sulfide) groups is 1. The van der Waals surface area contributed by atoms with E-state index >= 15 is 0 Å². The number of ether oxygens (including phenoxy) is 1. The fourth-order valence-electron chi connectivity index (χ4n) is 3.30. The number of hydrogen-bond donors (Lipinski definition) is 1. The van der Waals surface area contributed by atoms with E-state index in [9.17, 15) is 5.11 Å². The van der Waals surface area contributed by atoms with Crippen molar-refractivity contribution in [1.82, 2.24) is 0 Å². The van der Waals surface area contributed by atoms with Crippen LogP contribution >= 0.6 is 11.8 Å². The molecule has 1 aliphatic carbocycles. The fourth-order valence-corrected chi connectivity index (χ4v) is 4.73. The van der Waals surface area contributed by atoms with E-state index in [1.54, 1.807) is 11.8 Å². The summed E-state index contributed by atoms with van der Waals surface area (Å²) in [4.78, 5) is 4.79. The van der Waals surface area contributed by atoms with Crippen molar-refractivity contribution in [3.8, 4) is 0 Å². The smallest absolute Gasteiger partial charge is 0.175 e. The van der Waals surface area contributed by atoms with Crippen LogP contribution in [0.2, 0.25) is 0 Å². The Balaban J connectivity index is 1.72. The molecule has 0 amide bonds. The maximum atomic E-state index is 11.0. The minimum absolute atomic E-state index is 0.267. The van der Waals surface area contributed by atoms with Gasteiger partial charge in [-0.3, -0.25) is 0 Å². The van der Waals surface area contributed by atoms with Gasteiger partial charge in [0, 0.05) is 0 Å². The zero-order valence-corrected chi connectivity index (χ0v) is 13.5. The molecule has 3 atom stereocenters. The molecule has 2 aliphatic heterocycles. The van der Waals surface area contributed by atoms with Crippen LogP contribution in [0.3, 0.4) is 0 Å². The zero-order valence-electron chi connectivity index (χ0n) is 12.7. The molecule has 0 radical (unpaired) electrons. The molecular weight excluding hydrogens is 294 g/mol. The van der Waals surface area contributed by atoms with Crippen LogP contribution in [-0.2, 0) is 4.74 Å². The topological polar surface area (TPSA) is 45.1 Å². The highest BCUT2D eigenvalue weighted by Crippen LogP contribution is 2.60. The molecule has 1 saturated heterocycles. The lowest BCUT2D eigenvalue weighted by Crippen LogP contribution is -2.35. The predicted molar refractivity (Wildman–Crippen MR) is 90.0 cm³/mol. The van der Waals surface area contributed by atoms with Crippen LogP contribution < -0.4 is 0 Å². The van der Waals surface area contributed by atoms with Gasteiger partial charge in [0.1, 0.15) is 16.7 Å². The molecule has 114 valence electrons. The van der Waals surface area contributed by atoms with Gasteiger partial charge in [-0.25, -0.2) is 4.99 Å². The van der Waals surface area contributed by atoms with Gasteiger partial charge >= 0.3 is 0 Å². The van der Waals surface area contributed by atoms with E-state index in [1.807, 2.05) is 44.2 Å². The molecule has 0 spiro atoms. The highest BCUT2D eigenvalue weighted by Gasteiger charge is 2.72. The van der Waals surface area contributed by atoms with Crippen molar-refractivity contribution in [2.45, 2.75) is 42.8 Å². The van der Waals surface area contributed by atoms with Crippen molar-refractivity contribution < 1.29 is 9.84 Å². The third-order valence-electron chi connectivity index (χ3n) is 4.62. The standard InChI is InChI=1S/C18H19NO2S/c1-17(2)18(21-17,15(20)12-8-4-3-5-9-12)16-19-13-10-6-7-11-14(13)22-16/h3-5,7-11,14-15,20H,6H2,1-2H3/t14?,15-,18+/m1/s1. The number of aliphatic hydroxyl groups is 1. The van der Waals surface area contributed by atoms with E-state index in [4.69, 9.17) is 9.73 Å². The molecule has 0 bridgehead atoms. The maximum Gasteiger partial charge on any atom is 0.175 e. The molecule has 1 aromatic rings. The third-order valence-corrected chi connectivity index (χ3v) is 5.89. The lowest BCUT2D eigenvalue weighted by atomic mass is 9.87. The van der Waals surface area contributed by atoms with Gasteiger partial charge < -0.3 is 9.84 Å². The largest absolute Gasteiger partial charge is 0.385 e. The van der Waals surface area contributed by atoms with Gasteiger partial charge in [-0.05, 0) is 25.8 Å². The Kier molecular flexibility index (Phi) is 3.12. The van der Waals surface area contributed by atoms with Crippen molar-refractivity contribution in [3.63, 3.8) is 0 Å². The Morgan fingerprint density at radius 1 is 1.32 bits per heavy atom. The van der Waals surface area contributed by atoms with E-state index in [-0.39, 0.29) is 5.25 Å². The molecular formula is C18H19NO2S. The summed E-state index contributed by atoms with van der Waals surface area (Å²) < 4.78 is 6.05. The average molecular weight is 313 g/mol. The third kappa shape index (κ3) is 1.94. The molecule has 1 unspecified atom stereocenters. The van der Waals surface area contributed by atoms with Crippen molar-refractivity contribution in [3.05, 3.63) is 59.8 Å². The zero-order chi connectivity index (χ0) is 15.4. The Hall–Kier alpha value is -1.36. The first kappa shape index (κ1) is 14.2. The monoisotopic (exact) mass is 313 g/mol. The molecule has 4 heteroatoms. The summed E-state index contributed by atoms with van der Waals surface area (Å²) in [6, 6.07) is 9.72. The second kappa shape index (κ2) is 4.82. The van der Waals surface area contributed by atoms with E-state index in [1.165, 1.54) is 0 Å². The number of aliphatic imine (C=N–C) groups is 1. The normalized spacial score (nSPS) is 33.0. The predicted octanol–water partition coefficient (Wildman–Crippen LogP) is 3.63. The van der Waals surface area contributed by atoms with E-state index < -0.39 is 17.3 Å². The van der Waals surface area contributed by atoms with Crippen LogP contribution in [0.4, 0.5) is 0 Å². The van der Waals surface area contributed by atoms with Crippen LogP contribution in [-0.4, -0.2) is 26.6 Å². The SMILES string of the molecule is CC1(C)O[C@]1(C1=NC2=CCC=CC2S1)[C@H](O)c1ccccc1. The Morgan fingerprint density at radius 2 is 2.05 bits per heavy atom. The van der Waals surface area contributed by atoms with Gasteiger partial charge in [0.2, 0.25) is 0 Å². The van der Waals surface area contributed by atoms with Crippen LogP contribution in [0.5, 0.6) is 0 Å². The molecule has 1 aromatic carbocycles. The molecule has 2 heterocycles. The highest BCUT2D eigenvalue weighted by atomic mass is 32.2. The summed E-state index contributed by atoms with van der Waals surface area (Å²) in [7, 11) is 0. The molecule has 3 aliphatic rings. The number of rotatable bonds is 3. The van der Waals surface area contributed by atoms with Gasteiger partial charge in [0.05, 0.1) is 10.9 Å². The van der Waals surface area contributed by atoms with E-state index in [0.29, 0.717) is 0 Å². The lowest BCUT2D eigenvalue weighted by molar-refractivity contribution is 0.112. The second-order valence-corrected chi connectivity index (χ2v) is 7.54. The molecule has 3 nitrogen and oxygen atoms in total. The Morgan fingerprint density at radius 3 is 2.68 bits per heavy atom. The molecule has 4 rings (SSSR count). The van der Waals surface area contributed by atoms with Crippen LogP contribution in [0.15, 0.2) is 59.2 Å². The van der Waals surface area contributed by atoms with Crippen molar-refractivity contribution in [2.24, 2.45) is 4.99 Å². The summed E-state index contributed by atoms with van der Waals surface area (Å²) in [5, 5.41) is 12.2. The first-order chi connectivity index (χ1) is 10.5. The number of hydrogen-bond acceptors (Lipinski definition) is 4. The van der Waals surface area contributed by atoms with Crippen LogP contribution in [0.25, 0.3) is 0 Å². The van der Waals surface area contributed by atoms with Gasteiger partial charge in [-0.15, -0.1) is 0 Å². The lowest BCUT2D eigenvalue weighted by Gasteiger charge is -2.22. The second-order valence-electron chi connectivity index (χ2n) is 6.41. The Bertz CT molecular complexity index is 692. The Labute approximate surface area is 134 Å². The number of fused-ring (bicyclic) bond motifs is 1. The van der Waals surface area contributed by atoms with Crippen molar-refractivity contribution >= 4 is 16.8 Å². The van der Waals surface area contributed by atoms with Crippen LogP contribution in [0, 0.1) is 0 Å². The first-order valence-electron chi connectivity index (χ1n) is 7.60. The molecule has 1 N–H and O–H groups in total. The molecule has 0 aromatic heterocycles. The summed E-state index contributed by atoms with van der Waals surface area (Å²) >= 11 is 1.70. The van der Waals surface area contributed by atoms with Crippen LogP contribution in [0.1, 0.15) is 31.9 Å². The quantitative estimate of drug-likeness (QED) is 0.684. The first-order valence-corrected chi connectivity index (χ1v) is 8.48. The number of benzene rings is 1. The summed E-state index contributed by atoms with van der Waals surface area (Å²) in [5.41, 5.74) is 0.820. The summed E-state index contributed by atoms with van der Waals surface area (Å²) in [6.45, 7) is 4.04. The van der Waals surface area contributed by atoms with Gasteiger partial charge in [0.15, 0.2) is 5.60 Å². The van der Waals surface area contributed by atoms with Gasteiger partial charge in [-0.1, -0.05) is 60.3 Å². The average Bonchev–Trinajstić information content (AvgIpc) is 2.92. The molecule has 22 heavy (non-hydrogen) atoms. The summed E-state index contributed by atoms with van der Waals surface area (Å²) in [6.07, 6.45) is 6.73. The summed E-state index contributed by atoms with van der Waals surface area (Å²) in [5.74, 6) is 0. The van der Waals surface area contributed by atoms with Crippen molar-refractivity contribution in [2.75, 3.05) is 0 Å². The van der Waals surface area contributed by atoms with E-state index in [2.05, 4.69) is 18.2 Å². The van der Waals surface area contributed by atoms with Gasteiger partial charge in [-0.2, -0.15) is 0 Å². The maximum absolute atomic E-state index is 11.0. The molecule has 1 fully saturated rings. The van der Waals surface area contributed by atoms with E-state index in [0.717, 1.165) is 22.7 Å². The minimum Gasteiger partial charge on any atom is -0.385 e. The number of aliphatic hydroxyl groups excluding tert-OH is 1. The highest BCUT2D eigenvalue weighted by molar-refractivity contribution is 8.15. The fraction of sp³-hybridized carbons (Fsp3) is 0.389. The number of nitrogens with zero attached hydrogens (tertiary/aromatic N) is 1. The molecule has 0 saturated carbocycles. The number of allylic oxidation sites excluding steroid dienone is 2. The minimum atomic E-state index is -0.731. The van der Waals surface area contributed by atoms with Gasteiger partial charge in [0.25, 0.3) is 0 Å².